The second kappa shape index (κ2) is 10.6. The minimum Gasteiger partial charge on any atom is -0.380 e. The SMILES string of the molecule is O=C(OC(=O)C(F)(F)OC(F)(F)C(F)(F)OC(F)(F)C(F)(F)F)C(F)(F)OC(F)(F)C(F)(F)OC(F)(F)C(F)(F)F. The third-order valence-corrected chi connectivity index (χ3v) is 3.02. The van der Waals surface area contributed by atoms with Gasteiger partial charge in [0, 0.05) is 0 Å². The molecule has 29 heteroatoms. The zero-order valence-corrected chi connectivity index (χ0v) is 17.2. The van der Waals surface area contributed by atoms with Crippen molar-refractivity contribution >= 4 is 11.9 Å². The monoisotopic (exact) mass is 674 g/mol. The average Bonchev–Trinajstić information content (AvgIpc) is 2.62. The van der Waals surface area contributed by atoms with Gasteiger partial charge in [-0.1, -0.05) is 0 Å². The van der Waals surface area contributed by atoms with Gasteiger partial charge in [-0.05, 0) is 0 Å². The molecule has 0 spiro atoms. The highest BCUT2D eigenvalue weighted by Gasteiger charge is 2.75. The molecule has 0 saturated carbocycles. The molecule has 0 aliphatic carbocycles. The number of rotatable bonds is 12. The lowest BCUT2D eigenvalue weighted by molar-refractivity contribution is -0.533. The van der Waals surface area contributed by atoms with E-state index in [1.165, 1.54) is 18.9 Å². The van der Waals surface area contributed by atoms with Crippen LogP contribution < -0.4 is 0 Å². The summed E-state index contributed by atoms with van der Waals surface area (Å²) in [6.07, 6.45) is -73.5. The van der Waals surface area contributed by atoms with Gasteiger partial charge in [0.25, 0.3) is 0 Å². The number of esters is 2. The Morgan fingerprint density at radius 1 is 0.317 bits per heavy atom. The molecule has 0 atom stereocenters. The minimum absolute atomic E-state index is 1.31. The van der Waals surface area contributed by atoms with E-state index in [9.17, 15) is 106 Å². The fourth-order valence-electron chi connectivity index (χ4n) is 1.28. The summed E-state index contributed by atoms with van der Waals surface area (Å²) in [5.41, 5.74) is 0. The average molecular weight is 674 g/mol. The number of hydrogen-bond donors (Lipinski definition) is 0. The highest BCUT2D eigenvalue weighted by molar-refractivity contribution is 5.91. The van der Waals surface area contributed by atoms with Crippen LogP contribution in [0.15, 0.2) is 0 Å². The normalized spacial score (nSPS) is 15.7. The molecule has 0 aromatic carbocycles. The molecule has 0 saturated heterocycles. The van der Waals surface area contributed by atoms with Gasteiger partial charge >= 0.3 is 73.2 Å². The Morgan fingerprint density at radius 2 is 0.512 bits per heavy atom. The molecular formula is C12F22O7. The molecule has 41 heavy (non-hydrogen) atoms. The van der Waals surface area contributed by atoms with Crippen LogP contribution in [0.5, 0.6) is 0 Å². The Hall–Kier alpha value is -2.56. The molecule has 0 amide bonds. The molecule has 0 unspecified atom stereocenters. The quantitative estimate of drug-likeness (QED) is 0.143. The zero-order chi connectivity index (χ0) is 33.7. The first kappa shape index (κ1) is 38.4. The van der Waals surface area contributed by atoms with E-state index in [4.69, 9.17) is 0 Å². The second-order valence-electron chi connectivity index (χ2n) is 6.21. The van der Waals surface area contributed by atoms with E-state index in [1.807, 2.05) is 0 Å². The summed E-state index contributed by atoms with van der Waals surface area (Å²) in [5, 5.41) is 0. The Bertz CT molecular complexity index is 889. The maximum Gasteiger partial charge on any atom is 0.483 e. The Kier molecular flexibility index (Phi) is 9.95. The third kappa shape index (κ3) is 8.72. The summed E-state index contributed by atoms with van der Waals surface area (Å²) in [7, 11) is 0. The fraction of sp³-hybridized carbons (Fsp3) is 0.833. The number of halogens is 22. The van der Waals surface area contributed by atoms with E-state index in [1.54, 1.807) is 0 Å². The van der Waals surface area contributed by atoms with Crippen LogP contribution in [0.1, 0.15) is 0 Å². The van der Waals surface area contributed by atoms with Crippen molar-refractivity contribution in [3.8, 4) is 0 Å². The number of alkyl halides is 22. The molecule has 0 N–H and O–H groups in total. The van der Waals surface area contributed by atoms with Gasteiger partial charge in [0.1, 0.15) is 0 Å². The van der Waals surface area contributed by atoms with E-state index in [0.29, 0.717) is 0 Å². The van der Waals surface area contributed by atoms with Gasteiger partial charge < -0.3 is 4.74 Å². The third-order valence-electron chi connectivity index (χ3n) is 3.02. The van der Waals surface area contributed by atoms with Crippen LogP contribution in [0.2, 0.25) is 0 Å². The van der Waals surface area contributed by atoms with Crippen molar-refractivity contribution in [1.82, 2.24) is 0 Å². The number of ether oxygens (including phenoxy) is 5. The van der Waals surface area contributed by atoms with Gasteiger partial charge in [-0.2, -0.15) is 96.6 Å². The fourth-order valence-corrected chi connectivity index (χ4v) is 1.28. The van der Waals surface area contributed by atoms with Crippen molar-refractivity contribution in [2.24, 2.45) is 0 Å². The number of carbonyl (C=O) groups excluding carboxylic acids is 2. The van der Waals surface area contributed by atoms with Crippen LogP contribution in [0, 0.1) is 0 Å². The van der Waals surface area contributed by atoms with Crippen molar-refractivity contribution in [3.05, 3.63) is 0 Å². The largest absolute Gasteiger partial charge is 0.483 e. The van der Waals surface area contributed by atoms with E-state index in [2.05, 4.69) is 4.74 Å². The van der Waals surface area contributed by atoms with E-state index < -0.39 is 73.2 Å². The zero-order valence-electron chi connectivity index (χ0n) is 17.2. The van der Waals surface area contributed by atoms with Gasteiger partial charge in [0.2, 0.25) is 0 Å². The molecule has 0 rings (SSSR count). The van der Waals surface area contributed by atoms with E-state index >= 15 is 0 Å². The lowest BCUT2D eigenvalue weighted by atomic mass is 10.5. The minimum atomic E-state index is -7.55. The molecule has 0 bridgehead atoms. The summed E-state index contributed by atoms with van der Waals surface area (Å²) >= 11 is 0. The van der Waals surface area contributed by atoms with Crippen molar-refractivity contribution < 1.29 is 130 Å². The predicted octanol–water partition coefficient (Wildman–Crippen LogP) is 5.99. The molecular weight excluding hydrogens is 674 g/mol. The van der Waals surface area contributed by atoms with Gasteiger partial charge in [0.15, 0.2) is 0 Å². The highest BCUT2D eigenvalue weighted by Crippen LogP contribution is 2.49. The van der Waals surface area contributed by atoms with Crippen molar-refractivity contribution in [2.75, 3.05) is 0 Å². The molecule has 0 fully saturated rings. The Morgan fingerprint density at radius 3 is 0.707 bits per heavy atom. The van der Waals surface area contributed by atoms with Crippen molar-refractivity contribution in [1.29, 1.82) is 0 Å². The van der Waals surface area contributed by atoms with Crippen LogP contribution >= 0.6 is 0 Å². The van der Waals surface area contributed by atoms with Gasteiger partial charge in [-0.25, -0.2) is 28.5 Å². The van der Waals surface area contributed by atoms with E-state index in [0.717, 1.165) is 0 Å². The molecule has 0 radical (unpaired) electrons. The first-order valence-corrected chi connectivity index (χ1v) is 8.11. The standard InChI is InChI=1S/C12F22O7/c13-3(14,38-9(27,28)11(31,32)40-7(23,24)5(17,18)19)1(35)37-2(36)4(15,16)39-10(29,30)12(33,34)41-8(25,26)6(20,21)22. The lowest BCUT2D eigenvalue weighted by Gasteiger charge is -2.31. The van der Waals surface area contributed by atoms with E-state index in [-0.39, 0.29) is 0 Å². The summed E-state index contributed by atoms with van der Waals surface area (Å²) in [6.45, 7) is 0. The summed E-state index contributed by atoms with van der Waals surface area (Å²) in [6, 6.07) is 0. The Labute approximate surface area is 204 Å². The smallest absolute Gasteiger partial charge is 0.380 e. The van der Waals surface area contributed by atoms with Crippen LogP contribution in [0.4, 0.5) is 96.6 Å². The molecule has 244 valence electrons. The second-order valence-corrected chi connectivity index (χ2v) is 6.21. The molecule has 0 aromatic heterocycles. The summed E-state index contributed by atoms with van der Waals surface area (Å²) in [5.74, 6) is -9.09. The van der Waals surface area contributed by atoms with Crippen LogP contribution in [0.25, 0.3) is 0 Å². The summed E-state index contributed by atoms with van der Waals surface area (Å²) in [4.78, 5) is 21.6. The predicted molar refractivity (Wildman–Crippen MR) is 67.1 cm³/mol. The molecule has 0 aliphatic heterocycles. The lowest BCUT2D eigenvalue weighted by Crippen LogP contribution is -2.57. The number of carbonyl (C=O) groups is 2. The van der Waals surface area contributed by atoms with Crippen molar-refractivity contribution in [2.45, 2.75) is 61.2 Å². The maximum absolute atomic E-state index is 13.2. The maximum atomic E-state index is 13.2. The molecule has 0 heterocycles. The molecule has 7 nitrogen and oxygen atoms in total. The Balaban J connectivity index is 5.82. The first-order chi connectivity index (χ1) is 17.4. The van der Waals surface area contributed by atoms with Crippen LogP contribution in [-0.4, -0.2) is 73.2 Å². The van der Waals surface area contributed by atoms with Gasteiger partial charge in [-0.3, -0.25) is 0 Å². The topological polar surface area (TPSA) is 80.3 Å². The van der Waals surface area contributed by atoms with Crippen LogP contribution in [0.3, 0.4) is 0 Å². The van der Waals surface area contributed by atoms with Crippen molar-refractivity contribution in [3.63, 3.8) is 0 Å². The highest BCUT2D eigenvalue weighted by atomic mass is 19.4. The number of hydrogen-bond acceptors (Lipinski definition) is 7. The molecule has 0 aromatic rings. The van der Waals surface area contributed by atoms with Crippen LogP contribution in [-0.2, 0) is 33.3 Å². The first-order valence-electron chi connectivity index (χ1n) is 8.11. The molecule has 0 aliphatic rings. The van der Waals surface area contributed by atoms with Gasteiger partial charge in [-0.15, -0.1) is 0 Å². The summed E-state index contributed by atoms with van der Waals surface area (Å²) < 4.78 is 284. The van der Waals surface area contributed by atoms with Gasteiger partial charge in [0.05, 0.1) is 0 Å².